The molecule has 0 atom stereocenters. The highest BCUT2D eigenvalue weighted by Crippen LogP contribution is 2.15. The lowest BCUT2D eigenvalue weighted by Gasteiger charge is -2.34. The van der Waals surface area contributed by atoms with Crippen LogP contribution in [0.3, 0.4) is 0 Å². The van der Waals surface area contributed by atoms with Crippen molar-refractivity contribution < 1.29 is 8.42 Å². The van der Waals surface area contributed by atoms with Gasteiger partial charge in [-0.3, -0.25) is 4.99 Å². The summed E-state index contributed by atoms with van der Waals surface area (Å²) < 4.78 is 26.8. The monoisotopic (exact) mass is 394 g/mol. The Hall–Kier alpha value is -1.87. The molecule has 1 aromatic rings. The van der Waals surface area contributed by atoms with E-state index in [2.05, 4.69) is 19.8 Å². The molecule has 2 saturated heterocycles. The Morgan fingerprint density at radius 3 is 2.37 bits per heavy atom. The number of guanidine groups is 1. The van der Waals surface area contributed by atoms with Crippen molar-refractivity contribution in [2.45, 2.75) is 25.7 Å². The third kappa shape index (κ3) is 5.55. The Bertz CT molecular complexity index is 709. The summed E-state index contributed by atoms with van der Waals surface area (Å²) in [6, 6.07) is 5.77. The van der Waals surface area contributed by atoms with E-state index in [1.54, 1.807) is 10.5 Å². The van der Waals surface area contributed by atoms with Crippen LogP contribution in [0.2, 0.25) is 0 Å². The smallest absolute Gasteiger partial charge is 0.216 e. The molecule has 0 radical (unpaired) electrons. The van der Waals surface area contributed by atoms with Crippen molar-refractivity contribution in [2.24, 2.45) is 10.7 Å². The van der Waals surface area contributed by atoms with Crippen LogP contribution in [0, 0.1) is 0 Å². The van der Waals surface area contributed by atoms with Gasteiger partial charge < -0.3 is 15.5 Å². The number of pyridine rings is 1. The van der Waals surface area contributed by atoms with Gasteiger partial charge >= 0.3 is 0 Å². The zero-order valence-electron chi connectivity index (χ0n) is 15.8. The maximum Gasteiger partial charge on any atom is 0.216 e. The van der Waals surface area contributed by atoms with Gasteiger partial charge in [0.05, 0.1) is 12.3 Å². The largest absolute Gasteiger partial charge is 0.370 e. The van der Waals surface area contributed by atoms with Crippen LogP contribution in [0.25, 0.3) is 0 Å². The predicted molar refractivity (Wildman–Crippen MR) is 108 cm³/mol. The van der Waals surface area contributed by atoms with E-state index >= 15 is 0 Å². The summed E-state index contributed by atoms with van der Waals surface area (Å²) in [6.45, 7) is 4.29. The molecule has 2 aliphatic heterocycles. The lowest BCUT2D eigenvalue weighted by Crippen LogP contribution is -2.49. The average molecular weight is 395 g/mol. The van der Waals surface area contributed by atoms with E-state index in [9.17, 15) is 8.42 Å². The first-order valence-corrected chi connectivity index (χ1v) is 11.4. The molecule has 0 bridgehead atoms. The second-order valence-electron chi connectivity index (χ2n) is 7.03. The number of sulfonamides is 1. The summed E-state index contributed by atoms with van der Waals surface area (Å²) in [7, 11) is -3.32. The van der Waals surface area contributed by atoms with E-state index < -0.39 is 10.0 Å². The molecule has 3 rings (SSSR count). The summed E-state index contributed by atoms with van der Waals surface area (Å²) in [4.78, 5) is 12.8. The molecule has 2 fully saturated rings. The molecule has 0 aliphatic carbocycles. The number of anilines is 1. The number of aromatic nitrogens is 1. The number of aliphatic imine (C=N–C) groups is 1. The Morgan fingerprint density at radius 1 is 1.04 bits per heavy atom. The molecular formula is C18H30N6O2S. The third-order valence-electron chi connectivity index (χ3n) is 5.16. The summed E-state index contributed by atoms with van der Waals surface area (Å²) in [5.41, 5.74) is 6.06. The highest BCUT2D eigenvalue weighted by molar-refractivity contribution is 7.89. The van der Waals surface area contributed by atoms with Crippen LogP contribution in [0.1, 0.15) is 25.7 Å². The molecule has 0 saturated carbocycles. The molecule has 0 unspecified atom stereocenters. The number of nitrogens with two attached hydrogens (primary N) is 1. The first-order chi connectivity index (χ1) is 13.1. The van der Waals surface area contributed by atoms with Gasteiger partial charge in [0.25, 0.3) is 0 Å². The molecule has 9 heteroatoms. The molecule has 2 N–H and O–H groups in total. The van der Waals surface area contributed by atoms with E-state index in [0.717, 1.165) is 31.7 Å². The van der Waals surface area contributed by atoms with E-state index in [-0.39, 0.29) is 12.3 Å². The van der Waals surface area contributed by atoms with Crippen molar-refractivity contribution in [3.05, 3.63) is 24.4 Å². The second kappa shape index (κ2) is 9.36. The maximum absolute atomic E-state index is 12.6. The maximum atomic E-state index is 12.6. The molecule has 2 aliphatic rings. The fourth-order valence-electron chi connectivity index (χ4n) is 3.54. The first-order valence-electron chi connectivity index (χ1n) is 9.75. The highest BCUT2D eigenvalue weighted by Gasteiger charge is 2.27. The van der Waals surface area contributed by atoms with E-state index in [1.165, 1.54) is 12.8 Å². The molecule has 3 heterocycles. The van der Waals surface area contributed by atoms with Gasteiger partial charge in [-0.05, 0) is 25.0 Å². The summed E-state index contributed by atoms with van der Waals surface area (Å²) in [6.07, 6.45) is 6.45. The van der Waals surface area contributed by atoms with Crippen molar-refractivity contribution in [2.75, 3.05) is 56.5 Å². The number of piperazine rings is 1. The zero-order chi connectivity index (χ0) is 19.1. The van der Waals surface area contributed by atoms with Crippen molar-refractivity contribution in [1.82, 2.24) is 14.2 Å². The normalized spacial score (nSPS) is 20.5. The minimum Gasteiger partial charge on any atom is -0.370 e. The minimum atomic E-state index is -3.32. The SMILES string of the molecule is NC(=NCCS(=O)(=O)N1CCN(c2ccccn2)CC1)N1CCCCCC1. The highest BCUT2D eigenvalue weighted by atomic mass is 32.2. The van der Waals surface area contributed by atoms with Crippen LogP contribution < -0.4 is 10.6 Å². The van der Waals surface area contributed by atoms with Gasteiger partial charge in [-0.1, -0.05) is 18.9 Å². The van der Waals surface area contributed by atoms with Crippen LogP contribution in [0.5, 0.6) is 0 Å². The van der Waals surface area contributed by atoms with Crippen LogP contribution >= 0.6 is 0 Å². The lowest BCUT2D eigenvalue weighted by molar-refractivity contribution is 0.384. The number of likely N-dealkylation sites (tertiary alicyclic amines) is 1. The van der Waals surface area contributed by atoms with Gasteiger partial charge in [-0.15, -0.1) is 0 Å². The molecule has 8 nitrogen and oxygen atoms in total. The summed E-state index contributed by atoms with van der Waals surface area (Å²) in [5.74, 6) is 1.38. The second-order valence-corrected chi connectivity index (χ2v) is 9.12. The van der Waals surface area contributed by atoms with Gasteiger partial charge in [0.2, 0.25) is 10.0 Å². The lowest BCUT2D eigenvalue weighted by atomic mass is 10.2. The molecule has 0 spiro atoms. The number of hydrogen-bond acceptors (Lipinski definition) is 5. The fraction of sp³-hybridized carbons (Fsp3) is 0.667. The molecule has 0 aromatic carbocycles. The van der Waals surface area contributed by atoms with Crippen molar-refractivity contribution in [1.29, 1.82) is 0 Å². The van der Waals surface area contributed by atoms with Crippen LogP contribution in [0.15, 0.2) is 29.4 Å². The van der Waals surface area contributed by atoms with Crippen molar-refractivity contribution in [3.63, 3.8) is 0 Å². The molecular weight excluding hydrogens is 364 g/mol. The third-order valence-corrected chi connectivity index (χ3v) is 7.01. The van der Waals surface area contributed by atoms with Gasteiger partial charge in [0.15, 0.2) is 5.96 Å². The Morgan fingerprint density at radius 2 is 1.74 bits per heavy atom. The van der Waals surface area contributed by atoms with Gasteiger partial charge in [0, 0.05) is 45.5 Å². The minimum absolute atomic E-state index is 0.00509. The number of rotatable bonds is 5. The van der Waals surface area contributed by atoms with Crippen LogP contribution in [-0.2, 0) is 10.0 Å². The van der Waals surface area contributed by atoms with Crippen molar-refractivity contribution >= 4 is 21.8 Å². The van der Waals surface area contributed by atoms with E-state index in [0.29, 0.717) is 32.1 Å². The van der Waals surface area contributed by atoms with Crippen LogP contribution in [0.4, 0.5) is 5.82 Å². The molecule has 1 aromatic heterocycles. The fourth-order valence-corrected chi connectivity index (χ4v) is 4.84. The number of hydrogen-bond donors (Lipinski definition) is 1. The van der Waals surface area contributed by atoms with Crippen molar-refractivity contribution in [3.8, 4) is 0 Å². The topological polar surface area (TPSA) is 95.1 Å². The average Bonchev–Trinajstić information content (AvgIpc) is 2.98. The Labute approximate surface area is 162 Å². The molecule has 150 valence electrons. The molecule has 27 heavy (non-hydrogen) atoms. The zero-order valence-corrected chi connectivity index (χ0v) is 16.6. The van der Waals surface area contributed by atoms with E-state index in [4.69, 9.17) is 5.73 Å². The quantitative estimate of drug-likeness (QED) is 0.584. The Kier molecular flexibility index (Phi) is 6.89. The summed E-state index contributed by atoms with van der Waals surface area (Å²) >= 11 is 0. The molecule has 0 amide bonds. The number of nitrogens with zero attached hydrogens (tertiary/aromatic N) is 5. The summed E-state index contributed by atoms with van der Waals surface area (Å²) in [5, 5.41) is 0. The first kappa shape index (κ1) is 19.9. The van der Waals surface area contributed by atoms with Gasteiger partial charge in [-0.25, -0.2) is 13.4 Å². The van der Waals surface area contributed by atoms with Crippen LogP contribution in [-0.4, -0.2) is 80.1 Å². The standard InChI is InChI=1S/C18H30N6O2S/c19-18(23-10-5-1-2-6-11-23)21-9-16-27(25,26)24-14-12-22(13-15-24)17-7-3-4-8-20-17/h3-4,7-8H,1-2,5-6,9-16H2,(H2,19,21). The van der Waals surface area contributed by atoms with Gasteiger partial charge in [-0.2, -0.15) is 4.31 Å². The van der Waals surface area contributed by atoms with Gasteiger partial charge in [0.1, 0.15) is 5.82 Å². The Balaban J connectivity index is 1.48. The van der Waals surface area contributed by atoms with E-state index in [1.807, 2.05) is 18.2 Å². The predicted octanol–water partition coefficient (Wildman–Crippen LogP) is 0.724.